The van der Waals surface area contributed by atoms with Crippen molar-refractivity contribution >= 4 is 15.7 Å². The van der Waals surface area contributed by atoms with Crippen LogP contribution in [0.1, 0.15) is 0 Å². The van der Waals surface area contributed by atoms with E-state index in [4.69, 9.17) is 8.85 Å². The first-order valence-corrected chi connectivity index (χ1v) is 14.2. The number of hydrogen-bond acceptors (Lipinski definition) is 2. The first kappa shape index (κ1) is 27.5. The van der Waals surface area contributed by atoms with Crippen LogP contribution in [0.3, 0.4) is 0 Å². The summed E-state index contributed by atoms with van der Waals surface area (Å²) < 4.78 is 161. The maximum Gasteiger partial charge on any atom is 0.425 e. The molecule has 2 unspecified atom stereocenters. The first-order valence-electron chi connectivity index (χ1n) is 7.42. The van der Waals surface area contributed by atoms with E-state index in [9.17, 15) is 52.7 Å². The molecule has 2 nitrogen and oxygen atoms in total. The van der Waals surface area contributed by atoms with Gasteiger partial charge in [-0.25, -0.2) is 26.3 Å². The van der Waals surface area contributed by atoms with Gasteiger partial charge in [0.2, 0.25) is 15.7 Å². The van der Waals surface area contributed by atoms with E-state index in [1.807, 2.05) is 0 Å². The third-order valence-electron chi connectivity index (χ3n) is 4.02. The Morgan fingerprint density at radius 1 is 0.571 bits per heavy atom. The van der Waals surface area contributed by atoms with Crippen molar-refractivity contribution in [1.29, 1.82) is 0 Å². The van der Waals surface area contributed by atoms with E-state index >= 15 is 0 Å². The van der Waals surface area contributed by atoms with Gasteiger partial charge in [0.05, 0.1) is 0 Å². The van der Waals surface area contributed by atoms with E-state index in [1.165, 1.54) is 0 Å². The van der Waals surface area contributed by atoms with Crippen LogP contribution in [0.15, 0.2) is 0 Å². The van der Waals surface area contributed by atoms with Gasteiger partial charge in [-0.15, -0.1) is 0 Å². The lowest BCUT2D eigenvalue weighted by atomic mass is 10.2. The summed E-state index contributed by atoms with van der Waals surface area (Å²) in [5.41, 5.74) is 0. The monoisotopic (exact) mass is 478 g/mol. The summed E-state index contributed by atoms with van der Waals surface area (Å²) in [6, 6.07) is 0. The van der Waals surface area contributed by atoms with Crippen molar-refractivity contribution in [2.24, 2.45) is 0 Å². The highest BCUT2D eigenvalue weighted by atomic mass is 29.3. The SMILES string of the molecule is C[Si](C)(OCC(F)(F)C(F)C(F)(F)F)[Si](C)(C)OCC(F)(F)C(F)C(F)(F)F. The summed E-state index contributed by atoms with van der Waals surface area (Å²) in [5.74, 6) is -9.98. The van der Waals surface area contributed by atoms with Crippen LogP contribution < -0.4 is 0 Å². The van der Waals surface area contributed by atoms with Gasteiger partial charge in [0.25, 0.3) is 12.3 Å². The van der Waals surface area contributed by atoms with Crippen molar-refractivity contribution in [2.75, 3.05) is 13.2 Å². The lowest BCUT2D eigenvalue weighted by Crippen LogP contribution is -2.62. The minimum atomic E-state index is -5.88. The highest BCUT2D eigenvalue weighted by Crippen LogP contribution is 2.38. The molecule has 2 atom stereocenters. The Labute approximate surface area is 154 Å². The molecule has 0 rings (SSSR count). The predicted octanol–water partition coefficient (Wildman–Crippen LogP) is 5.58. The van der Waals surface area contributed by atoms with Gasteiger partial charge in [0, 0.05) is 0 Å². The van der Waals surface area contributed by atoms with Crippen LogP contribution in [0.5, 0.6) is 0 Å². The third-order valence-corrected chi connectivity index (χ3v) is 18.2. The molecule has 170 valence electrons. The Kier molecular flexibility index (Phi) is 8.19. The highest BCUT2D eigenvalue weighted by Gasteiger charge is 2.60. The summed E-state index contributed by atoms with van der Waals surface area (Å²) in [6.45, 7) is 0.209. The topological polar surface area (TPSA) is 18.5 Å². The Morgan fingerprint density at radius 3 is 0.964 bits per heavy atom. The average Bonchev–Trinajstić information content (AvgIpc) is 2.48. The van der Waals surface area contributed by atoms with Crippen molar-refractivity contribution in [3.05, 3.63) is 0 Å². The van der Waals surface area contributed by atoms with Crippen LogP contribution in [0.25, 0.3) is 0 Å². The largest absolute Gasteiger partial charge is 0.425 e. The fourth-order valence-electron chi connectivity index (χ4n) is 1.53. The van der Waals surface area contributed by atoms with Crippen molar-refractivity contribution in [2.45, 2.75) is 62.7 Å². The highest BCUT2D eigenvalue weighted by molar-refractivity contribution is 7.35. The molecular formula is C12H18F12O2Si2. The van der Waals surface area contributed by atoms with Crippen LogP contribution in [0, 0.1) is 0 Å². The second kappa shape index (κ2) is 8.33. The fraction of sp³-hybridized carbons (Fsp3) is 1.00. The lowest BCUT2D eigenvalue weighted by molar-refractivity contribution is -0.251. The molecule has 0 aliphatic rings. The van der Waals surface area contributed by atoms with Crippen molar-refractivity contribution < 1.29 is 61.5 Å². The molecule has 0 aromatic heterocycles. The predicted molar refractivity (Wildman–Crippen MR) is 78.7 cm³/mol. The maximum absolute atomic E-state index is 13.3. The Hall–Kier alpha value is -0.486. The zero-order valence-corrected chi connectivity index (χ0v) is 16.9. The van der Waals surface area contributed by atoms with E-state index in [0.717, 1.165) is 26.2 Å². The number of alkyl halides is 12. The lowest BCUT2D eigenvalue weighted by Gasteiger charge is -2.39. The molecule has 28 heavy (non-hydrogen) atoms. The average molecular weight is 478 g/mol. The van der Waals surface area contributed by atoms with E-state index in [-0.39, 0.29) is 0 Å². The molecule has 0 N–H and O–H groups in total. The molecule has 0 spiro atoms. The second-order valence-corrected chi connectivity index (χ2v) is 20.8. The minimum Gasteiger partial charge on any atom is -0.411 e. The zero-order chi connectivity index (χ0) is 23.0. The van der Waals surface area contributed by atoms with Gasteiger partial charge in [0.15, 0.2) is 0 Å². The Morgan fingerprint density at radius 2 is 0.786 bits per heavy atom. The standard InChI is InChI=1S/C12H18F12O2Si2/c1-27(2,25-5-9(15,16)7(13)11(19,20)21)28(3,4)26-6-10(17,18)8(14)12(22,23)24/h7-8H,5-6H2,1-4H3. The molecule has 0 radical (unpaired) electrons. The molecule has 0 fully saturated rings. The summed E-state index contributed by atoms with van der Waals surface area (Å²) >= 11 is 0. The normalized spacial score (nSPS) is 17.6. The van der Waals surface area contributed by atoms with Crippen LogP contribution in [0.4, 0.5) is 52.7 Å². The number of halogens is 12. The van der Waals surface area contributed by atoms with Crippen molar-refractivity contribution in [3.8, 4) is 0 Å². The summed E-state index contributed by atoms with van der Waals surface area (Å²) in [7, 11) is -7.32. The number of hydrogen-bond donors (Lipinski definition) is 0. The molecule has 0 saturated carbocycles. The van der Waals surface area contributed by atoms with Gasteiger partial charge in [-0.05, 0) is 26.2 Å². The molecular weight excluding hydrogens is 460 g/mol. The minimum absolute atomic E-state index is 1.07. The molecule has 0 aliphatic heterocycles. The van der Waals surface area contributed by atoms with Crippen LogP contribution in [-0.4, -0.2) is 65.4 Å². The molecule has 0 aromatic carbocycles. The molecule has 16 heteroatoms. The maximum atomic E-state index is 13.3. The fourth-order valence-corrected chi connectivity index (χ4v) is 5.85. The third kappa shape index (κ3) is 7.09. The van der Waals surface area contributed by atoms with Crippen molar-refractivity contribution in [3.63, 3.8) is 0 Å². The quantitative estimate of drug-likeness (QED) is 0.318. The van der Waals surface area contributed by atoms with E-state index in [2.05, 4.69) is 0 Å². The number of rotatable bonds is 9. The Balaban J connectivity index is 5.15. The first-order chi connectivity index (χ1) is 12.0. The van der Waals surface area contributed by atoms with Gasteiger partial charge in [-0.3, -0.25) is 0 Å². The van der Waals surface area contributed by atoms with E-state index in [1.54, 1.807) is 0 Å². The summed E-state index contributed by atoms with van der Waals surface area (Å²) in [4.78, 5) is 0. The molecule has 0 bridgehead atoms. The molecule has 0 aromatic rings. The molecule has 0 amide bonds. The van der Waals surface area contributed by atoms with Gasteiger partial charge in [-0.1, -0.05) is 0 Å². The summed E-state index contributed by atoms with van der Waals surface area (Å²) in [5, 5.41) is 0. The van der Waals surface area contributed by atoms with Crippen LogP contribution in [0.2, 0.25) is 26.2 Å². The van der Waals surface area contributed by atoms with Crippen molar-refractivity contribution in [1.82, 2.24) is 0 Å². The van der Waals surface area contributed by atoms with Gasteiger partial charge in [0.1, 0.15) is 13.2 Å². The zero-order valence-electron chi connectivity index (χ0n) is 14.9. The molecule has 0 saturated heterocycles. The second-order valence-electron chi connectivity index (χ2n) is 6.93. The van der Waals surface area contributed by atoms with Crippen LogP contribution >= 0.6 is 0 Å². The van der Waals surface area contributed by atoms with Gasteiger partial charge >= 0.3 is 24.2 Å². The molecule has 0 heterocycles. The molecule has 0 aliphatic carbocycles. The van der Waals surface area contributed by atoms with E-state index in [0.29, 0.717) is 0 Å². The van der Waals surface area contributed by atoms with Crippen LogP contribution in [-0.2, 0) is 8.85 Å². The smallest absolute Gasteiger partial charge is 0.411 e. The summed E-state index contributed by atoms with van der Waals surface area (Å²) in [6.07, 6.45) is -20.8. The Bertz CT molecular complexity index is 472. The van der Waals surface area contributed by atoms with Gasteiger partial charge in [-0.2, -0.15) is 26.3 Å². The van der Waals surface area contributed by atoms with Gasteiger partial charge < -0.3 is 8.85 Å². The van der Waals surface area contributed by atoms with E-state index < -0.39 is 65.4 Å².